The zero-order valence-corrected chi connectivity index (χ0v) is 12.7. The van der Waals surface area contributed by atoms with E-state index in [0.717, 1.165) is 36.1 Å². The summed E-state index contributed by atoms with van der Waals surface area (Å²) in [4.78, 5) is 25.5. The first-order chi connectivity index (χ1) is 10.7. The van der Waals surface area contributed by atoms with Crippen LogP contribution >= 0.6 is 0 Å². The maximum Gasteiger partial charge on any atom is 0.246 e. The predicted molar refractivity (Wildman–Crippen MR) is 86.5 cm³/mol. The Morgan fingerprint density at radius 2 is 2.45 bits per heavy atom. The Labute approximate surface area is 129 Å². The number of likely N-dealkylation sites (tertiary alicyclic amines) is 1. The van der Waals surface area contributed by atoms with Gasteiger partial charge in [-0.1, -0.05) is 19.9 Å². The molecule has 0 bridgehead atoms. The van der Waals surface area contributed by atoms with Crippen LogP contribution in [0.2, 0.25) is 0 Å². The second kappa shape index (κ2) is 6.17. The standard InChI is InChI=1S/C16H21N5O/c1-3-5-12-8-11(9-21(12)14(22)4-2)20-16-13-6-7-17-15(13)18-10-19-16/h4,6-7,10-12H,2-3,5,8-9H2,1H3,(H2,17,18,19,20)/t11-,12?/m0/s1. The molecule has 2 aromatic heterocycles. The van der Waals surface area contributed by atoms with Gasteiger partial charge in [0.1, 0.15) is 17.8 Å². The number of aromatic nitrogens is 3. The zero-order chi connectivity index (χ0) is 15.5. The summed E-state index contributed by atoms with van der Waals surface area (Å²) in [6.45, 7) is 6.44. The predicted octanol–water partition coefficient (Wildman–Crippen LogP) is 2.33. The zero-order valence-electron chi connectivity index (χ0n) is 12.7. The molecule has 22 heavy (non-hydrogen) atoms. The molecule has 0 saturated carbocycles. The van der Waals surface area contributed by atoms with E-state index in [-0.39, 0.29) is 18.0 Å². The van der Waals surface area contributed by atoms with Crippen molar-refractivity contribution < 1.29 is 4.79 Å². The summed E-state index contributed by atoms with van der Waals surface area (Å²) >= 11 is 0. The van der Waals surface area contributed by atoms with E-state index in [2.05, 4.69) is 33.8 Å². The minimum Gasteiger partial charge on any atom is -0.365 e. The number of amides is 1. The van der Waals surface area contributed by atoms with Gasteiger partial charge in [-0.25, -0.2) is 9.97 Å². The van der Waals surface area contributed by atoms with Gasteiger partial charge in [0.15, 0.2) is 0 Å². The Balaban J connectivity index is 1.77. The Morgan fingerprint density at radius 1 is 1.59 bits per heavy atom. The van der Waals surface area contributed by atoms with Crippen LogP contribution in [0.25, 0.3) is 11.0 Å². The molecule has 3 heterocycles. The second-order valence-corrected chi connectivity index (χ2v) is 5.68. The number of H-pyrrole nitrogens is 1. The minimum absolute atomic E-state index is 0.0113. The number of nitrogens with zero attached hydrogens (tertiary/aromatic N) is 3. The van der Waals surface area contributed by atoms with Gasteiger partial charge >= 0.3 is 0 Å². The van der Waals surface area contributed by atoms with Gasteiger partial charge in [-0.15, -0.1) is 0 Å². The average molecular weight is 299 g/mol. The van der Waals surface area contributed by atoms with Crippen molar-refractivity contribution in [3.8, 4) is 0 Å². The second-order valence-electron chi connectivity index (χ2n) is 5.68. The molecule has 2 atom stereocenters. The molecule has 0 radical (unpaired) electrons. The molecule has 1 fully saturated rings. The lowest BCUT2D eigenvalue weighted by molar-refractivity contribution is -0.126. The third-order valence-electron chi connectivity index (χ3n) is 4.19. The number of rotatable bonds is 5. The van der Waals surface area contributed by atoms with E-state index in [9.17, 15) is 4.79 Å². The molecule has 1 saturated heterocycles. The van der Waals surface area contributed by atoms with E-state index < -0.39 is 0 Å². The summed E-state index contributed by atoms with van der Waals surface area (Å²) < 4.78 is 0. The lowest BCUT2D eigenvalue weighted by Crippen LogP contribution is -2.35. The maximum atomic E-state index is 12.0. The van der Waals surface area contributed by atoms with E-state index in [1.165, 1.54) is 6.08 Å². The molecule has 2 N–H and O–H groups in total. The summed E-state index contributed by atoms with van der Waals surface area (Å²) in [6.07, 6.45) is 7.82. The van der Waals surface area contributed by atoms with E-state index in [4.69, 9.17) is 0 Å². The maximum absolute atomic E-state index is 12.0. The van der Waals surface area contributed by atoms with Gasteiger partial charge in [-0.3, -0.25) is 4.79 Å². The third-order valence-corrected chi connectivity index (χ3v) is 4.19. The van der Waals surface area contributed by atoms with Gasteiger partial charge in [0.2, 0.25) is 5.91 Å². The normalized spacial score (nSPS) is 21.2. The molecule has 1 aliphatic heterocycles. The fourth-order valence-corrected chi connectivity index (χ4v) is 3.20. The fraction of sp³-hybridized carbons (Fsp3) is 0.438. The molecule has 0 aliphatic carbocycles. The van der Waals surface area contributed by atoms with Gasteiger partial charge in [0.05, 0.1) is 5.39 Å². The molecular weight excluding hydrogens is 278 g/mol. The van der Waals surface area contributed by atoms with E-state index >= 15 is 0 Å². The first-order valence-corrected chi connectivity index (χ1v) is 7.70. The molecular formula is C16H21N5O. The highest BCUT2D eigenvalue weighted by molar-refractivity contribution is 5.88. The molecule has 0 aromatic carbocycles. The topological polar surface area (TPSA) is 73.9 Å². The van der Waals surface area contributed by atoms with Gasteiger partial charge < -0.3 is 15.2 Å². The number of carbonyl (C=O) groups is 1. The van der Waals surface area contributed by atoms with E-state index in [1.807, 2.05) is 17.2 Å². The molecule has 6 nitrogen and oxygen atoms in total. The van der Waals surface area contributed by atoms with Crippen molar-refractivity contribution in [1.29, 1.82) is 0 Å². The highest BCUT2D eigenvalue weighted by Gasteiger charge is 2.33. The number of fused-ring (bicyclic) bond motifs is 1. The molecule has 3 rings (SSSR count). The van der Waals surface area contributed by atoms with Crippen LogP contribution in [-0.2, 0) is 4.79 Å². The van der Waals surface area contributed by atoms with Crippen LogP contribution in [0.15, 0.2) is 31.2 Å². The van der Waals surface area contributed by atoms with E-state index in [0.29, 0.717) is 6.54 Å². The lowest BCUT2D eigenvalue weighted by Gasteiger charge is -2.22. The average Bonchev–Trinajstić information content (AvgIpc) is 3.14. The number of hydrogen-bond acceptors (Lipinski definition) is 4. The smallest absolute Gasteiger partial charge is 0.246 e. The van der Waals surface area contributed by atoms with Crippen molar-refractivity contribution in [2.75, 3.05) is 11.9 Å². The molecule has 1 amide bonds. The first-order valence-electron chi connectivity index (χ1n) is 7.70. The van der Waals surface area contributed by atoms with Crippen LogP contribution in [0, 0.1) is 0 Å². The van der Waals surface area contributed by atoms with Gasteiger partial charge in [0, 0.05) is 24.8 Å². The molecule has 1 aliphatic rings. The monoisotopic (exact) mass is 299 g/mol. The number of nitrogens with one attached hydrogen (secondary N) is 2. The van der Waals surface area contributed by atoms with Crippen LogP contribution in [0.3, 0.4) is 0 Å². The first kappa shape index (κ1) is 14.6. The Morgan fingerprint density at radius 3 is 3.23 bits per heavy atom. The summed E-state index contributed by atoms with van der Waals surface area (Å²) in [5.74, 6) is 0.830. The van der Waals surface area contributed by atoms with Gasteiger partial charge in [0.25, 0.3) is 0 Å². The SMILES string of the molecule is C=CC(=O)N1C[C@@H](Nc2ncnc3[nH]ccc23)CC1CCC. The van der Waals surface area contributed by atoms with Crippen LogP contribution in [-0.4, -0.2) is 44.4 Å². The Bertz CT molecular complexity index is 680. The fourth-order valence-electron chi connectivity index (χ4n) is 3.20. The minimum atomic E-state index is 0.0113. The number of hydrogen-bond donors (Lipinski definition) is 2. The van der Waals surface area contributed by atoms with Crippen molar-refractivity contribution in [1.82, 2.24) is 19.9 Å². The van der Waals surface area contributed by atoms with Crippen LogP contribution < -0.4 is 5.32 Å². The van der Waals surface area contributed by atoms with Crippen molar-refractivity contribution >= 4 is 22.8 Å². The van der Waals surface area contributed by atoms with Crippen LogP contribution in [0.1, 0.15) is 26.2 Å². The highest BCUT2D eigenvalue weighted by Crippen LogP contribution is 2.26. The number of anilines is 1. The van der Waals surface area contributed by atoms with E-state index in [1.54, 1.807) is 6.33 Å². The van der Waals surface area contributed by atoms with Crippen LogP contribution in [0.4, 0.5) is 5.82 Å². The van der Waals surface area contributed by atoms with Crippen molar-refractivity contribution in [2.24, 2.45) is 0 Å². The number of aromatic amines is 1. The summed E-state index contributed by atoms with van der Waals surface area (Å²) in [7, 11) is 0. The highest BCUT2D eigenvalue weighted by atomic mass is 16.2. The Kier molecular flexibility index (Phi) is 4.09. The molecule has 0 spiro atoms. The summed E-state index contributed by atoms with van der Waals surface area (Å²) in [6, 6.07) is 2.44. The van der Waals surface area contributed by atoms with Crippen molar-refractivity contribution in [2.45, 2.75) is 38.3 Å². The number of carbonyl (C=O) groups excluding carboxylic acids is 1. The largest absolute Gasteiger partial charge is 0.365 e. The third kappa shape index (κ3) is 2.68. The molecule has 2 aromatic rings. The summed E-state index contributed by atoms with van der Waals surface area (Å²) in [5, 5.41) is 4.44. The van der Waals surface area contributed by atoms with Gasteiger partial charge in [-0.2, -0.15) is 0 Å². The molecule has 6 heteroatoms. The summed E-state index contributed by atoms with van der Waals surface area (Å²) in [5.41, 5.74) is 0.819. The quantitative estimate of drug-likeness (QED) is 0.831. The van der Waals surface area contributed by atoms with Gasteiger partial charge in [-0.05, 0) is 25.0 Å². The molecule has 1 unspecified atom stereocenters. The lowest BCUT2D eigenvalue weighted by atomic mass is 10.1. The van der Waals surface area contributed by atoms with Crippen LogP contribution in [0.5, 0.6) is 0 Å². The Hall–Kier alpha value is -2.37. The van der Waals surface area contributed by atoms with Crippen molar-refractivity contribution in [3.05, 3.63) is 31.2 Å². The van der Waals surface area contributed by atoms with Crippen molar-refractivity contribution in [3.63, 3.8) is 0 Å². The molecule has 116 valence electrons.